The third-order valence-electron chi connectivity index (χ3n) is 3.62. The van der Waals surface area contributed by atoms with E-state index in [-0.39, 0.29) is 17.2 Å². The summed E-state index contributed by atoms with van der Waals surface area (Å²) in [5.74, 6) is 0.426. The van der Waals surface area contributed by atoms with E-state index in [4.69, 9.17) is 9.47 Å². The van der Waals surface area contributed by atoms with Gasteiger partial charge in [-0.2, -0.15) is 5.10 Å². The highest BCUT2D eigenvalue weighted by atomic mass is 79.9. The minimum Gasteiger partial charge on any atom is -0.493 e. The molecule has 2 aromatic rings. The van der Waals surface area contributed by atoms with Gasteiger partial charge in [-0.1, -0.05) is 15.9 Å². The maximum absolute atomic E-state index is 12.3. The van der Waals surface area contributed by atoms with Crippen LogP contribution >= 0.6 is 15.9 Å². The second-order valence-corrected chi connectivity index (χ2v) is 6.57. The van der Waals surface area contributed by atoms with Crippen molar-refractivity contribution >= 4 is 28.1 Å². The summed E-state index contributed by atoms with van der Waals surface area (Å²) in [7, 11) is 3.04. The van der Waals surface area contributed by atoms with Crippen molar-refractivity contribution in [2.45, 2.75) is 19.9 Å². The lowest BCUT2D eigenvalue weighted by molar-refractivity contribution is 0.0953. The van der Waals surface area contributed by atoms with Crippen LogP contribution in [-0.2, 0) is 0 Å². The predicted molar refractivity (Wildman–Crippen MR) is 103 cm³/mol. The number of rotatable bonds is 6. The van der Waals surface area contributed by atoms with E-state index in [0.29, 0.717) is 17.1 Å². The molecular formula is C18H20BrN3O4. The van der Waals surface area contributed by atoms with Gasteiger partial charge in [-0.05, 0) is 38.1 Å². The van der Waals surface area contributed by atoms with Gasteiger partial charge in [0.15, 0.2) is 11.5 Å². The van der Waals surface area contributed by atoms with E-state index in [9.17, 15) is 9.59 Å². The minimum atomic E-state index is -0.581. The normalized spacial score (nSPS) is 11.0. The number of carbonyl (C=O) groups excluding carboxylic acids is 1. The van der Waals surface area contributed by atoms with E-state index >= 15 is 0 Å². The molecule has 1 N–H and O–H groups in total. The highest BCUT2D eigenvalue weighted by molar-refractivity contribution is 9.10. The molecule has 8 heteroatoms. The molecule has 0 saturated carbocycles. The first-order chi connectivity index (χ1) is 12.4. The van der Waals surface area contributed by atoms with Crippen molar-refractivity contribution < 1.29 is 14.3 Å². The fraction of sp³-hybridized carbons (Fsp3) is 0.278. The van der Waals surface area contributed by atoms with Crippen molar-refractivity contribution in [2.24, 2.45) is 5.10 Å². The molecule has 0 aliphatic rings. The molecule has 1 heterocycles. The molecule has 26 heavy (non-hydrogen) atoms. The molecule has 138 valence electrons. The summed E-state index contributed by atoms with van der Waals surface area (Å²) in [6, 6.07) is 6.60. The summed E-state index contributed by atoms with van der Waals surface area (Å²) in [5, 5.41) is 3.93. The Labute approximate surface area is 159 Å². The van der Waals surface area contributed by atoms with Crippen LogP contribution in [0.25, 0.3) is 0 Å². The monoisotopic (exact) mass is 421 g/mol. The number of nitrogens with zero attached hydrogens (tertiary/aromatic N) is 2. The lowest BCUT2D eigenvalue weighted by Crippen LogP contribution is -2.31. The Kier molecular flexibility index (Phi) is 6.57. The number of pyridine rings is 1. The SMILES string of the molecule is COc1cc(Br)cc(/C=N\NC(=O)c2cccn(C(C)C)c2=O)c1OC. The summed E-state index contributed by atoms with van der Waals surface area (Å²) in [6.07, 6.45) is 3.07. The fourth-order valence-corrected chi connectivity index (χ4v) is 2.82. The number of hydrogen-bond acceptors (Lipinski definition) is 5. The van der Waals surface area contributed by atoms with Crippen molar-refractivity contribution in [2.75, 3.05) is 14.2 Å². The Morgan fingerprint density at radius 1 is 1.31 bits per heavy atom. The summed E-state index contributed by atoms with van der Waals surface area (Å²) in [5.41, 5.74) is 2.63. The summed E-state index contributed by atoms with van der Waals surface area (Å²) < 4.78 is 12.8. The van der Waals surface area contributed by atoms with Gasteiger partial charge in [0, 0.05) is 22.3 Å². The van der Waals surface area contributed by atoms with Crippen LogP contribution in [0.1, 0.15) is 35.8 Å². The van der Waals surface area contributed by atoms with Gasteiger partial charge in [0.05, 0.1) is 20.4 Å². The molecule has 0 bridgehead atoms. The standard InChI is InChI=1S/C18H20BrN3O4/c1-11(2)22-7-5-6-14(18(22)24)17(23)21-20-10-12-8-13(19)9-15(25-3)16(12)26-4/h5-11H,1-4H3,(H,21,23)/b20-10-. The number of nitrogens with one attached hydrogen (secondary N) is 1. The van der Waals surface area contributed by atoms with Crippen molar-refractivity contribution in [3.05, 3.63) is 56.4 Å². The topological polar surface area (TPSA) is 81.9 Å². The van der Waals surface area contributed by atoms with Gasteiger partial charge in [-0.25, -0.2) is 5.43 Å². The number of hydrogen-bond donors (Lipinski definition) is 1. The number of halogens is 1. The molecule has 1 amide bonds. The maximum Gasteiger partial charge on any atom is 0.276 e. The molecule has 0 fully saturated rings. The molecule has 0 saturated heterocycles. The van der Waals surface area contributed by atoms with Crippen LogP contribution in [0.2, 0.25) is 0 Å². The quantitative estimate of drug-likeness (QED) is 0.573. The molecule has 1 aromatic carbocycles. The van der Waals surface area contributed by atoms with Gasteiger partial charge in [-0.15, -0.1) is 0 Å². The maximum atomic E-state index is 12.3. The van der Waals surface area contributed by atoms with Crippen LogP contribution in [0, 0.1) is 0 Å². The summed E-state index contributed by atoms with van der Waals surface area (Å²) in [4.78, 5) is 24.6. The zero-order chi connectivity index (χ0) is 19.3. The Hall–Kier alpha value is -2.61. The van der Waals surface area contributed by atoms with Crippen molar-refractivity contribution in [3.8, 4) is 11.5 Å². The van der Waals surface area contributed by atoms with Crippen LogP contribution < -0.4 is 20.5 Å². The summed E-state index contributed by atoms with van der Waals surface area (Å²) in [6.45, 7) is 3.74. The molecule has 0 atom stereocenters. The third-order valence-corrected chi connectivity index (χ3v) is 4.08. The van der Waals surface area contributed by atoms with Crippen molar-refractivity contribution in [3.63, 3.8) is 0 Å². The lowest BCUT2D eigenvalue weighted by atomic mass is 10.2. The predicted octanol–water partition coefficient (Wildman–Crippen LogP) is 2.97. The van der Waals surface area contributed by atoms with Crippen LogP contribution in [-0.4, -0.2) is 30.9 Å². The average Bonchev–Trinajstić information content (AvgIpc) is 2.60. The van der Waals surface area contributed by atoms with Crippen molar-refractivity contribution in [1.82, 2.24) is 9.99 Å². The first kappa shape index (κ1) is 19.7. The van der Waals surface area contributed by atoms with Crippen molar-refractivity contribution in [1.29, 1.82) is 0 Å². The Morgan fingerprint density at radius 3 is 2.65 bits per heavy atom. The Bertz CT molecular complexity index is 890. The van der Waals surface area contributed by atoms with Gasteiger partial charge in [0.25, 0.3) is 11.5 Å². The number of aromatic nitrogens is 1. The van der Waals surface area contributed by atoms with Crippen LogP contribution in [0.15, 0.2) is 44.8 Å². The third kappa shape index (κ3) is 4.32. The number of methoxy groups -OCH3 is 2. The average molecular weight is 422 g/mol. The largest absolute Gasteiger partial charge is 0.493 e. The molecule has 0 radical (unpaired) electrons. The molecule has 0 spiro atoms. The zero-order valence-electron chi connectivity index (χ0n) is 14.9. The highest BCUT2D eigenvalue weighted by Crippen LogP contribution is 2.33. The van der Waals surface area contributed by atoms with E-state index in [1.165, 1.54) is 31.1 Å². The van der Waals surface area contributed by atoms with Crippen LogP contribution in [0.3, 0.4) is 0 Å². The molecular weight excluding hydrogens is 402 g/mol. The Morgan fingerprint density at radius 2 is 2.04 bits per heavy atom. The van der Waals surface area contributed by atoms with Crippen LogP contribution in [0.5, 0.6) is 11.5 Å². The molecule has 0 aliphatic carbocycles. The second-order valence-electron chi connectivity index (χ2n) is 5.66. The first-order valence-electron chi connectivity index (χ1n) is 7.85. The number of amides is 1. The number of benzene rings is 1. The second kappa shape index (κ2) is 8.66. The van der Waals surface area contributed by atoms with Gasteiger partial charge in [0.1, 0.15) is 5.56 Å². The van der Waals surface area contributed by atoms with E-state index in [2.05, 4.69) is 26.5 Å². The minimum absolute atomic E-state index is 0.0251. The highest BCUT2D eigenvalue weighted by Gasteiger charge is 2.13. The molecule has 2 rings (SSSR count). The zero-order valence-corrected chi connectivity index (χ0v) is 16.5. The van der Waals surface area contributed by atoms with E-state index in [0.717, 1.165) is 4.47 Å². The molecule has 0 unspecified atom stereocenters. The van der Waals surface area contributed by atoms with Gasteiger partial charge < -0.3 is 14.0 Å². The van der Waals surface area contributed by atoms with Crippen LogP contribution in [0.4, 0.5) is 0 Å². The van der Waals surface area contributed by atoms with E-state index in [1.54, 1.807) is 24.4 Å². The smallest absolute Gasteiger partial charge is 0.276 e. The number of hydrazone groups is 1. The molecule has 1 aromatic heterocycles. The van der Waals surface area contributed by atoms with Gasteiger partial charge >= 0.3 is 0 Å². The molecule has 0 aliphatic heterocycles. The lowest BCUT2D eigenvalue weighted by Gasteiger charge is -2.11. The van der Waals surface area contributed by atoms with Gasteiger partial charge in [-0.3, -0.25) is 9.59 Å². The van der Waals surface area contributed by atoms with E-state index in [1.807, 2.05) is 13.8 Å². The Balaban J connectivity index is 2.24. The number of carbonyl (C=O) groups is 1. The number of ether oxygens (including phenoxy) is 2. The summed E-state index contributed by atoms with van der Waals surface area (Å²) >= 11 is 3.38. The van der Waals surface area contributed by atoms with E-state index < -0.39 is 5.91 Å². The molecule has 7 nitrogen and oxygen atoms in total. The van der Waals surface area contributed by atoms with Gasteiger partial charge in [0.2, 0.25) is 0 Å². The first-order valence-corrected chi connectivity index (χ1v) is 8.64. The fourth-order valence-electron chi connectivity index (χ4n) is 2.36.